The van der Waals surface area contributed by atoms with E-state index >= 15 is 0 Å². The number of halogens is 4. The van der Waals surface area contributed by atoms with Gasteiger partial charge in [-0.3, -0.25) is 0 Å². The van der Waals surface area contributed by atoms with Crippen molar-refractivity contribution in [3.8, 4) is 23.0 Å². The third-order valence-electron chi connectivity index (χ3n) is 4.83. The predicted octanol–water partition coefficient (Wildman–Crippen LogP) is 8.55. The molecular formula is C20H21Cl4O4P. The molecule has 0 radical (unpaired) electrons. The van der Waals surface area contributed by atoms with Crippen LogP contribution in [0.15, 0.2) is 12.1 Å². The van der Waals surface area contributed by atoms with Gasteiger partial charge >= 0.3 is 191 Å². The normalized spacial score (nSPS) is 17.7. The van der Waals surface area contributed by atoms with Crippen LogP contribution in [0.25, 0.3) is 0 Å². The van der Waals surface area contributed by atoms with Crippen molar-refractivity contribution in [1.82, 2.24) is 0 Å². The van der Waals surface area contributed by atoms with Gasteiger partial charge < -0.3 is 0 Å². The van der Waals surface area contributed by atoms with Crippen LogP contribution in [0.3, 0.4) is 0 Å². The Kier molecular flexibility index (Phi) is 4.89. The fraction of sp³-hybridized carbons (Fsp3) is 0.400. The minimum atomic E-state index is -3.67. The molecule has 2 aliphatic rings. The van der Waals surface area contributed by atoms with Crippen molar-refractivity contribution in [2.24, 2.45) is 0 Å². The number of rotatable bonds is 0. The first kappa shape index (κ1) is 21.5. The molecule has 0 atom stereocenters. The van der Waals surface area contributed by atoms with E-state index in [9.17, 15) is 0 Å². The second-order valence-corrected chi connectivity index (χ2v) is 12.5. The van der Waals surface area contributed by atoms with E-state index in [0.29, 0.717) is 11.5 Å². The van der Waals surface area contributed by atoms with Crippen molar-refractivity contribution < 1.29 is 18.1 Å². The SMILES string of the molecule is CC(C)(C)c1cc2c(c(C(C)(C)C)c1)O[PH]1(O2)Oc2c(Cl)c(Cl)c(Cl)c(Cl)c2O1. The van der Waals surface area contributed by atoms with Crippen LogP contribution in [0.1, 0.15) is 52.7 Å². The number of benzene rings is 2. The molecule has 2 aromatic carbocycles. The summed E-state index contributed by atoms with van der Waals surface area (Å²) in [6.07, 6.45) is 0. The zero-order chi connectivity index (χ0) is 21.5. The van der Waals surface area contributed by atoms with Crippen LogP contribution < -0.4 is 18.1 Å². The van der Waals surface area contributed by atoms with E-state index in [-0.39, 0.29) is 42.4 Å². The zero-order valence-electron chi connectivity index (χ0n) is 16.8. The number of hydrogen-bond donors (Lipinski definition) is 0. The van der Waals surface area contributed by atoms with E-state index < -0.39 is 8.17 Å². The summed E-state index contributed by atoms with van der Waals surface area (Å²) < 4.78 is 24.4. The molecule has 29 heavy (non-hydrogen) atoms. The van der Waals surface area contributed by atoms with Crippen molar-refractivity contribution in [1.29, 1.82) is 0 Å². The molecule has 0 N–H and O–H groups in total. The van der Waals surface area contributed by atoms with Gasteiger partial charge in [0.15, 0.2) is 0 Å². The van der Waals surface area contributed by atoms with Crippen molar-refractivity contribution in [3.63, 3.8) is 0 Å². The van der Waals surface area contributed by atoms with Gasteiger partial charge in [-0.05, 0) is 0 Å². The summed E-state index contributed by atoms with van der Waals surface area (Å²) in [6, 6.07) is 4.11. The molecule has 0 fully saturated rings. The Hall–Kier alpha value is -0.770. The molecule has 2 aliphatic heterocycles. The molecule has 0 aliphatic carbocycles. The Bertz CT molecular complexity index is 1000. The molecule has 4 nitrogen and oxygen atoms in total. The molecular weight excluding hydrogens is 477 g/mol. The van der Waals surface area contributed by atoms with Crippen LogP contribution in [0, 0.1) is 0 Å². The van der Waals surface area contributed by atoms with Gasteiger partial charge in [-0.15, -0.1) is 0 Å². The van der Waals surface area contributed by atoms with E-state index in [0.717, 1.165) is 11.1 Å². The van der Waals surface area contributed by atoms with Gasteiger partial charge in [0.05, 0.1) is 0 Å². The predicted molar refractivity (Wildman–Crippen MR) is 121 cm³/mol. The molecule has 0 unspecified atom stereocenters. The fourth-order valence-electron chi connectivity index (χ4n) is 3.18. The van der Waals surface area contributed by atoms with Gasteiger partial charge in [-0.25, -0.2) is 0 Å². The number of hydrogen-bond acceptors (Lipinski definition) is 4. The van der Waals surface area contributed by atoms with E-state index in [1.165, 1.54) is 0 Å². The van der Waals surface area contributed by atoms with Crippen LogP contribution >= 0.6 is 54.6 Å². The van der Waals surface area contributed by atoms with Gasteiger partial charge in [-0.2, -0.15) is 0 Å². The minimum absolute atomic E-state index is 0.0796. The van der Waals surface area contributed by atoms with Crippen molar-refractivity contribution in [2.45, 2.75) is 52.4 Å². The first-order chi connectivity index (χ1) is 13.2. The summed E-state index contributed by atoms with van der Waals surface area (Å²) in [5.74, 6) is 1.54. The van der Waals surface area contributed by atoms with E-state index in [4.69, 9.17) is 64.5 Å². The van der Waals surface area contributed by atoms with E-state index in [1.54, 1.807) is 0 Å². The Morgan fingerprint density at radius 1 is 0.621 bits per heavy atom. The summed E-state index contributed by atoms with van der Waals surface area (Å²) in [7, 11) is -3.67. The van der Waals surface area contributed by atoms with Gasteiger partial charge in [0.25, 0.3) is 0 Å². The molecule has 0 aromatic heterocycles. The van der Waals surface area contributed by atoms with Crippen molar-refractivity contribution in [2.75, 3.05) is 0 Å². The van der Waals surface area contributed by atoms with Crippen LogP contribution in [-0.2, 0) is 10.8 Å². The average molecular weight is 498 g/mol. The van der Waals surface area contributed by atoms with Crippen molar-refractivity contribution in [3.05, 3.63) is 43.4 Å². The van der Waals surface area contributed by atoms with Crippen molar-refractivity contribution >= 4 is 54.6 Å². The Balaban J connectivity index is 1.82. The quantitative estimate of drug-likeness (QED) is 0.207. The molecule has 2 aromatic rings. The monoisotopic (exact) mass is 496 g/mol. The van der Waals surface area contributed by atoms with Crippen LogP contribution in [0.5, 0.6) is 23.0 Å². The van der Waals surface area contributed by atoms with Gasteiger partial charge in [-0.1, -0.05) is 0 Å². The second kappa shape index (κ2) is 6.61. The molecule has 9 heteroatoms. The summed E-state index contributed by atoms with van der Waals surface area (Å²) in [5, 5.41) is 0.394. The van der Waals surface area contributed by atoms with E-state index in [2.05, 4.69) is 47.6 Å². The Morgan fingerprint density at radius 3 is 1.55 bits per heavy atom. The molecule has 4 rings (SSSR count). The summed E-state index contributed by atoms with van der Waals surface area (Å²) in [6.45, 7) is 12.8. The molecule has 158 valence electrons. The van der Waals surface area contributed by atoms with Crippen LogP contribution in [0.2, 0.25) is 20.1 Å². The van der Waals surface area contributed by atoms with Gasteiger partial charge in [0.2, 0.25) is 0 Å². The first-order valence-corrected chi connectivity index (χ1v) is 12.2. The molecule has 2 heterocycles. The Morgan fingerprint density at radius 2 is 1.10 bits per heavy atom. The molecule has 0 saturated carbocycles. The fourth-order valence-corrected chi connectivity index (χ4v) is 6.23. The van der Waals surface area contributed by atoms with E-state index in [1.807, 2.05) is 6.07 Å². The zero-order valence-corrected chi connectivity index (χ0v) is 20.8. The third kappa shape index (κ3) is 3.42. The third-order valence-corrected chi connectivity index (χ3v) is 8.43. The summed E-state index contributed by atoms with van der Waals surface area (Å²) in [5.41, 5.74) is 1.85. The molecule has 0 amide bonds. The summed E-state index contributed by atoms with van der Waals surface area (Å²) in [4.78, 5) is 0. The average Bonchev–Trinajstić information content (AvgIpc) is 3.15. The standard InChI is InChI=1S/C20H21Cl4O4P/c1-19(2,3)9-7-10(20(4,5)6)16-11(8-9)25-29(26-16)27-17-14(23)12(21)13(22)15(24)18(17)28-29/h7-8,29H,1-6H3. The first-order valence-electron chi connectivity index (χ1n) is 9.04. The summed E-state index contributed by atoms with van der Waals surface area (Å²) >= 11 is 24.9. The second-order valence-electron chi connectivity index (χ2n) is 9.17. The number of fused-ring (bicyclic) bond motifs is 2. The maximum absolute atomic E-state index is 6.31. The van der Waals surface area contributed by atoms with Crippen LogP contribution in [-0.4, -0.2) is 0 Å². The molecule has 0 bridgehead atoms. The molecule has 1 spiro atoms. The van der Waals surface area contributed by atoms with Crippen LogP contribution in [0.4, 0.5) is 0 Å². The topological polar surface area (TPSA) is 36.9 Å². The Labute approximate surface area is 190 Å². The molecule has 0 saturated heterocycles. The maximum atomic E-state index is 6.31. The van der Waals surface area contributed by atoms with Gasteiger partial charge in [0.1, 0.15) is 0 Å². The van der Waals surface area contributed by atoms with Gasteiger partial charge in [0, 0.05) is 0 Å².